The number of allylic oxidation sites excluding steroid dienone is 1. The van der Waals surface area contributed by atoms with E-state index in [2.05, 4.69) is 21.9 Å². The van der Waals surface area contributed by atoms with E-state index in [-0.39, 0.29) is 36.2 Å². The molecule has 2 atom stereocenters. The van der Waals surface area contributed by atoms with Crippen molar-refractivity contribution in [2.24, 2.45) is 23.0 Å². The van der Waals surface area contributed by atoms with Crippen molar-refractivity contribution < 1.29 is 23.5 Å². The highest BCUT2D eigenvalue weighted by Gasteiger charge is 2.25. The zero-order valence-corrected chi connectivity index (χ0v) is 20.2. The Kier molecular flexibility index (Phi) is 10.4. The third kappa shape index (κ3) is 8.07. The maximum atomic E-state index is 14.7. The number of hydrogen-bond acceptors (Lipinski definition) is 4. The summed E-state index contributed by atoms with van der Waals surface area (Å²) in [5.74, 6) is -0.476. The Labute approximate surface area is 199 Å². The van der Waals surface area contributed by atoms with Crippen LogP contribution in [0.25, 0.3) is 0 Å². The van der Waals surface area contributed by atoms with Gasteiger partial charge >= 0.3 is 6.09 Å². The van der Waals surface area contributed by atoms with E-state index in [9.17, 15) is 23.5 Å². The molecule has 10 heteroatoms. The van der Waals surface area contributed by atoms with Gasteiger partial charge in [0.1, 0.15) is 5.84 Å². The van der Waals surface area contributed by atoms with Crippen LogP contribution in [0.4, 0.5) is 13.6 Å². The number of amides is 2. The molecule has 1 aliphatic rings. The predicted molar refractivity (Wildman–Crippen MR) is 127 cm³/mol. The molecule has 2 rings (SSSR count). The summed E-state index contributed by atoms with van der Waals surface area (Å²) in [7, 11) is 1.72. The van der Waals surface area contributed by atoms with Crippen molar-refractivity contribution in [2.45, 2.75) is 51.9 Å². The molecule has 0 bridgehead atoms. The summed E-state index contributed by atoms with van der Waals surface area (Å²) in [4.78, 5) is 33.8. The number of hydrogen-bond donors (Lipinski definition) is 2. The first-order valence-corrected chi connectivity index (χ1v) is 11.6. The first kappa shape index (κ1) is 27.2. The smallest absolute Gasteiger partial charge is 0.407 e. The summed E-state index contributed by atoms with van der Waals surface area (Å²) < 4.78 is 28.7. The quantitative estimate of drug-likeness (QED) is 0.500. The molecule has 0 saturated heterocycles. The number of unbranched alkanes of at least 4 members (excludes halogenated alkanes) is 1. The fourth-order valence-corrected chi connectivity index (χ4v) is 3.90. The zero-order valence-electron chi connectivity index (χ0n) is 20.2. The average molecular weight is 480 g/mol. The van der Waals surface area contributed by atoms with E-state index in [1.807, 2.05) is 13.1 Å². The molecule has 0 fully saturated rings. The molecule has 34 heavy (non-hydrogen) atoms. The van der Waals surface area contributed by atoms with Gasteiger partial charge in [0, 0.05) is 56.8 Å². The number of alkyl halides is 1. The first-order valence-electron chi connectivity index (χ1n) is 11.6. The number of halogens is 2. The number of pyridine rings is 1. The molecule has 1 aromatic rings. The molecule has 2 amide bonds. The van der Waals surface area contributed by atoms with E-state index < -0.39 is 18.6 Å². The summed E-state index contributed by atoms with van der Waals surface area (Å²) >= 11 is 0. The molecule has 188 valence electrons. The van der Waals surface area contributed by atoms with E-state index in [1.165, 1.54) is 11.0 Å². The van der Waals surface area contributed by atoms with Gasteiger partial charge in [-0.3, -0.25) is 14.2 Å². The molecular formula is C24H35F2N5O3. The van der Waals surface area contributed by atoms with Gasteiger partial charge in [0.2, 0.25) is 5.91 Å². The Balaban J connectivity index is 2.10. The van der Waals surface area contributed by atoms with Crippen LogP contribution < -0.4 is 10.8 Å². The van der Waals surface area contributed by atoms with Crippen molar-refractivity contribution >= 4 is 17.8 Å². The summed E-state index contributed by atoms with van der Waals surface area (Å²) in [5, 5.41) is 12.1. The maximum Gasteiger partial charge on any atom is 0.407 e. The third-order valence-electron chi connectivity index (χ3n) is 5.73. The molecular weight excluding hydrogens is 444 g/mol. The van der Waals surface area contributed by atoms with E-state index in [0.29, 0.717) is 50.3 Å². The van der Waals surface area contributed by atoms with Crippen LogP contribution in [0.15, 0.2) is 34.5 Å². The van der Waals surface area contributed by atoms with E-state index >= 15 is 0 Å². The fraction of sp³-hybridized carbons (Fsp3) is 0.583. The van der Waals surface area contributed by atoms with Crippen LogP contribution in [-0.2, 0) is 11.8 Å². The minimum atomic E-state index is -1.07. The van der Waals surface area contributed by atoms with Crippen LogP contribution >= 0.6 is 0 Å². The zero-order chi connectivity index (χ0) is 25.3. The molecule has 0 radical (unpaired) electrons. The average Bonchev–Trinajstić information content (AvgIpc) is 2.76. The second-order valence-electron chi connectivity index (χ2n) is 8.78. The molecule has 0 aromatic carbocycles. The van der Waals surface area contributed by atoms with Crippen LogP contribution in [0.2, 0.25) is 0 Å². The van der Waals surface area contributed by atoms with Crippen molar-refractivity contribution in [1.29, 1.82) is 0 Å². The number of aryl methyl sites for hydroxylation is 1. The summed E-state index contributed by atoms with van der Waals surface area (Å²) in [6.07, 6.45) is 3.13. The number of rotatable bonds is 10. The minimum Gasteiger partial charge on any atom is -0.465 e. The Morgan fingerprint density at radius 2 is 2.09 bits per heavy atom. The molecule has 0 spiro atoms. The number of aliphatic imine (C=N–C) groups is 1. The van der Waals surface area contributed by atoms with Crippen LogP contribution in [0.1, 0.15) is 57.4 Å². The van der Waals surface area contributed by atoms with E-state index in [0.717, 1.165) is 5.56 Å². The predicted octanol–water partition coefficient (Wildman–Crippen LogP) is 3.75. The Morgan fingerprint density at radius 3 is 2.71 bits per heavy atom. The Bertz CT molecular complexity index is 963. The maximum absolute atomic E-state index is 14.7. The molecule has 8 nitrogen and oxygen atoms in total. The number of amidine groups is 1. The number of nitrogens with zero attached hydrogens (tertiary/aromatic N) is 4. The monoisotopic (exact) mass is 479 g/mol. The van der Waals surface area contributed by atoms with Gasteiger partial charge in [-0.1, -0.05) is 13.5 Å². The van der Waals surface area contributed by atoms with Crippen molar-refractivity contribution in [2.75, 3.05) is 26.3 Å². The van der Waals surface area contributed by atoms with Crippen LogP contribution in [0.5, 0.6) is 0 Å². The van der Waals surface area contributed by atoms with Crippen molar-refractivity contribution in [1.82, 2.24) is 14.8 Å². The lowest BCUT2D eigenvalue weighted by atomic mass is 9.89. The normalized spacial score (nSPS) is 19.1. The van der Waals surface area contributed by atoms with Crippen molar-refractivity contribution in [3.05, 3.63) is 41.4 Å². The van der Waals surface area contributed by atoms with Crippen LogP contribution in [0, 0.1) is 11.7 Å². The second-order valence-corrected chi connectivity index (χ2v) is 8.78. The van der Waals surface area contributed by atoms with Gasteiger partial charge < -0.3 is 19.9 Å². The summed E-state index contributed by atoms with van der Waals surface area (Å²) in [5.41, 5.74) is 1.44. The molecule has 2 unspecified atom stereocenters. The molecule has 0 saturated carbocycles. The first-order chi connectivity index (χ1) is 16.1. The van der Waals surface area contributed by atoms with Crippen molar-refractivity contribution in [3.8, 4) is 0 Å². The van der Waals surface area contributed by atoms with Gasteiger partial charge in [0.25, 0.3) is 0 Å². The van der Waals surface area contributed by atoms with E-state index in [4.69, 9.17) is 0 Å². The lowest BCUT2D eigenvalue weighted by molar-refractivity contribution is -0.123. The number of carboxylic acid groups (broad SMARTS) is 1. The lowest BCUT2D eigenvalue weighted by Gasteiger charge is -2.24. The Hall–Kier alpha value is -3.04. The third-order valence-corrected chi connectivity index (χ3v) is 5.73. The molecule has 0 aliphatic carbocycles. The summed E-state index contributed by atoms with van der Waals surface area (Å²) in [6, 6.07) is 1.45. The minimum absolute atomic E-state index is 0.140. The van der Waals surface area contributed by atoms with Gasteiger partial charge in [0.15, 0.2) is 11.3 Å². The van der Waals surface area contributed by atoms with Crippen LogP contribution in [-0.4, -0.2) is 58.7 Å². The lowest BCUT2D eigenvalue weighted by Crippen LogP contribution is -2.38. The highest BCUT2D eigenvalue weighted by Crippen LogP contribution is 2.26. The Morgan fingerprint density at radius 1 is 1.38 bits per heavy atom. The van der Waals surface area contributed by atoms with Gasteiger partial charge in [-0.25, -0.2) is 14.2 Å². The highest BCUT2D eigenvalue weighted by atomic mass is 19.1. The van der Waals surface area contributed by atoms with Gasteiger partial charge in [-0.15, -0.1) is 0 Å². The van der Waals surface area contributed by atoms with Gasteiger partial charge in [-0.2, -0.15) is 0 Å². The largest absolute Gasteiger partial charge is 0.465 e. The second kappa shape index (κ2) is 13.0. The fourth-order valence-electron chi connectivity index (χ4n) is 3.90. The topological polar surface area (TPSA) is 99.3 Å². The number of carbonyl (C=O) groups is 2. The molecule has 1 aliphatic heterocycles. The highest BCUT2D eigenvalue weighted by molar-refractivity contribution is 5.99. The van der Waals surface area contributed by atoms with Gasteiger partial charge in [-0.05, 0) is 44.2 Å². The number of nitrogens with one attached hydrogen (secondary N) is 1. The molecule has 2 N–H and O–H groups in total. The molecule has 1 aromatic heterocycles. The number of aromatic nitrogens is 1. The van der Waals surface area contributed by atoms with E-state index in [1.54, 1.807) is 18.5 Å². The molecule has 2 heterocycles. The van der Waals surface area contributed by atoms with Crippen molar-refractivity contribution in [3.63, 3.8) is 0 Å². The number of carbonyl (C=O) groups excluding carboxylic acids is 1. The SMILES string of the molecule is C=C(C)N=c1c(F)cc(C2CN=C(CCCCN(CCCF)C(=O)O)NC(=O)C(C)C2)cn1C. The standard InChI is InChI=1S/C24H35F2N5O3/c1-16(2)28-22-20(26)13-19(15-30(22)4)18-12-17(3)23(32)29-21(27-14-18)8-5-6-10-31(24(33)34)11-7-9-25/h13,15,17-18H,1,5-12,14H2,2-4H3,(H,33,34)(H,27,29,32). The van der Waals surface area contributed by atoms with Gasteiger partial charge in [0.05, 0.1) is 6.67 Å². The van der Waals surface area contributed by atoms with Crippen LogP contribution in [0.3, 0.4) is 0 Å². The summed E-state index contributed by atoms with van der Waals surface area (Å²) in [6.45, 7) is 7.53.